The van der Waals surface area contributed by atoms with Gasteiger partial charge in [0, 0.05) is 11.8 Å². The molecule has 0 aliphatic carbocycles. The zero-order valence-electron chi connectivity index (χ0n) is 5.90. The molecule has 0 aromatic heterocycles. The summed E-state index contributed by atoms with van der Waals surface area (Å²) < 4.78 is 5.73. The van der Waals surface area contributed by atoms with Crippen molar-refractivity contribution >= 4 is 33.2 Å². The Labute approximate surface area is 78.4 Å². The average molecular weight is 236 g/mol. The van der Waals surface area contributed by atoms with Crippen LogP contribution in [0.2, 0.25) is 5.02 Å². The average Bonchev–Trinajstić information content (AvgIpc) is 1.96. The summed E-state index contributed by atoms with van der Waals surface area (Å²) in [6, 6.07) is 3.37. The Bertz CT molecular complexity index is 277. The molecule has 1 aromatic carbocycles. The van der Waals surface area contributed by atoms with Crippen LogP contribution < -0.4 is 10.5 Å². The lowest BCUT2D eigenvalue weighted by Crippen LogP contribution is -1.89. The van der Waals surface area contributed by atoms with E-state index in [-0.39, 0.29) is 0 Å². The van der Waals surface area contributed by atoms with E-state index in [0.29, 0.717) is 16.5 Å². The summed E-state index contributed by atoms with van der Waals surface area (Å²) in [6.07, 6.45) is 0. The molecule has 2 nitrogen and oxygen atoms in total. The summed E-state index contributed by atoms with van der Waals surface area (Å²) in [4.78, 5) is 0. The van der Waals surface area contributed by atoms with Crippen LogP contribution in [0.15, 0.2) is 16.6 Å². The summed E-state index contributed by atoms with van der Waals surface area (Å²) in [5.41, 5.74) is 6.11. The minimum atomic E-state index is 0.557. The van der Waals surface area contributed by atoms with E-state index in [1.54, 1.807) is 19.2 Å². The van der Waals surface area contributed by atoms with Gasteiger partial charge in [-0.1, -0.05) is 11.6 Å². The molecule has 0 unspecified atom stereocenters. The van der Waals surface area contributed by atoms with Crippen molar-refractivity contribution in [2.45, 2.75) is 0 Å². The summed E-state index contributed by atoms with van der Waals surface area (Å²) >= 11 is 9.05. The highest BCUT2D eigenvalue weighted by atomic mass is 79.9. The van der Waals surface area contributed by atoms with Crippen LogP contribution in [0.3, 0.4) is 0 Å². The van der Waals surface area contributed by atoms with E-state index < -0.39 is 0 Å². The Morgan fingerprint density at radius 1 is 1.55 bits per heavy atom. The number of benzene rings is 1. The molecule has 0 radical (unpaired) electrons. The van der Waals surface area contributed by atoms with Gasteiger partial charge in [0.25, 0.3) is 0 Å². The quantitative estimate of drug-likeness (QED) is 0.761. The van der Waals surface area contributed by atoms with Crippen molar-refractivity contribution in [1.82, 2.24) is 0 Å². The zero-order chi connectivity index (χ0) is 8.43. The second kappa shape index (κ2) is 3.32. The SMILES string of the molecule is COc1cc(N)cc(Cl)c1Br. The third-order valence-electron chi connectivity index (χ3n) is 1.24. The maximum Gasteiger partial charge on any atom is 0.136 e. The normalized spacial score (nSPS) is 9.73. The van der Waals surface area contributed by atoms with Crippen LogP contribution in [0.1, 0.15) is 0 Å². The van der Waals surface area contributed by atoms with E-state index >= 15 is 0 Å². The number of rotatable bonds is 1. The number of hydrogen-bond acceptors (Lipinski definition) is 2. The van der Waals surface area contributed by atoms with Gasteiger partial charge in [0.15, 0.2) is 0 Å². The summed E-state index contributed by atoms with van der Waals surface area (Å²) in [5.74, 6) is 0.648. The molecule has 0 aliphatic heterocycles. The van der Waals surface area contributed by atoms with Gasteiger partial charge in [0.05, 0.1) is 16.6 Å². The molecule has 0 atom stereocenters. The van der Waals surface area contributed by atoms with Gasteiger partial charge in [0.1, 0.15) is 5.75 Å². The molecule has 0 aliphatic rings. The molecule has 1 rings (SSSR count). The van der Waals surface area contributed by atoms with E-state index in [0.717, 1.165) is 4.47 Å². The van der Waals surface area contributed by atoms with Gasteiger partial charge in [-0.2, -0.15) is 0 Å². The highest BCUT2D eigenvalue weighted by molar-refractivity contribution is 9.10. The van der Waals surface area contributed by atoms with Crippen LogP contribution >= 0.6 is 27.5 Å². The molecule has 2 N–H and O–H groups in total. The standard InChI is InChI=1S/C7H7BrClNO/c1-11-6-3-4(10)2-5(9)7(6)8/h2-3H,10H2,1H3. The summed E-state index contributed by atoms with van der Waals surface area (Å²) in [5, 5.41) is 0.557. The maximum atomic E-state index is 5.79. The van der Waals surface area contributed by atoms with Crippen LogP contribution in [0.5, 0.6) is 5.75 Å². The van der Waals surface area contributed by atoms with Crippen molar-refractivity contribution < 1.29 is 4.74 Å². The first-order chi connectivity index (χ1) is 5.15. The Morgan fingerprint density at radius 2 is 2.18 bits per heavy atom. The minimum absolute atomic E-state index is 0.557. The van der Waals surface area contributed by atoms with E-state index in [1.807, 2.05) is 0 Å². The molecule has 0 spiro atoms. The van der Waals surface area contributed by atoms with Crippen LogP contribution in [-0.2, 0) is 0 Å². The van der Waals surface area contributed by atoms with Crippen molar-refractivity contribution in [1.29, 1.82) is 0 Å². The fourth-order valence-electron chi connectivity index (χ4n) is 0.732. The molecular formula is C7H7BrClNO. The molecule has 4 heteroatoms. The predicted molar refractivity (Wildman–Crippen MR) is 50.1 cm³/mol. The second-order valence-corrected chi connectivity index (χ2v) is 3.22. The number of nitrogens with two attached hydrogens (primary N) is 1. The third-order valence-corrected chi connectivity index (χ3v) is 2.58. The first kappa shape index (κ1) is 8.68. The number of hydrogen-bond donors (Lipinski definition) is 1. The Kier molecular flexibility index (Phi) is 2.62. The number of ether oxygens (including phenoxy) is 1. The number of methoxy groups -OCH3 is 1. The van der Waals surface area contributed by atoms with Crippen LogP contribution in [0.4, 0.5) is 5.69 Å². The molecule has 0 bridgehead atoms. The minimum Gasteiger partial charge on any atom is -0.495 e. The van der Waals surface area contributed by atoms with Crippen molar-refractivity contribution in [3.8, 4) is 5.75 Å². The number of nitrogen functional groups attached to an aromatic ring is 1. The fraction of sp³-hybridized carbons (Fsp3) is 0.143. The van der Waals surface area contributed by atoms with Gasteiger partial charge in [-0.3, -0.25) is 0 Å². The third kappa shape index (κ3) is 1.79. The highest BCUT2D eigenvalue weighted by Crippen LogP contribution is 2.34. The molecular weight excluding hydrogens is 229 g/mol. The monoisotopic (exact) mass is 235 g/mol. The molecule has 0 fully saturated rings. The first-order valence-corrected chi connectivity index (χ1v) is 4.10. The highest BCUT2D eigenvalue weighted by Gasteiger charge is 2.04. The van der Waals surface area contributed by atoms with E-state index in [4.69, 9.17) is 22.1 Å². The van der Waals surface area contributed by atoms with E-state index in [1.165, 1.54) is 0 Å². The molecule has 0 heterocycles. The molecule has 0 amide bonds. The van der Waals surface area contributed by atoms with E-state index in [2.05, 4.69) is 15.9 Å². The number of halogens is 2. The smallest absolute Gasteiger partial charge is 0.136 e. The van der Waals surface area contributed by atoms with Crippen LogP contribution in [0, 0.1) is 0 Å². The number of anilines is 1. The topological polar surface area (TPSA) is 35.2 Å². The Balaban J connectivity index is 3.24. The lowest BCUT2D eigenvalue weighted by Gasteiger charge is -2.05. The lowest BCUT2D eigenvalue weighted by atomic mass is 10.3. The van der Waals surface area contributed by atoms with E-state index in [9.17, 15) is 0 Å². The largest absolute Gasteiger partial charge is 0.495 e. The van der Waals surface area contributed by atoms with Crippen molar-refractivity contribution in [3.05, 3.63) is 21.6 Å². The predicted octanol–water partition coefficient (Wildman–Crippen LogP) is 2.69. The molecule has 11 heavy (non-hydrogen) atoms. The van der Waals surface area contributed by atoms with Gasteiger partial charge >= 0.3 is 0 Å². The first-order valence-electron chi connectivity index (χ1n) is 2.93. The molecule has 0 saturated heterocycles. The maximum absolute atomic E-state index is 5.79. The Hall–Kier alpha value is -0.410. The van der Waals surface area contributed by atoms with Crippen molar-refractivity contribution in [3.63, 3.8) is 0 Å². The summed E-state index contributed by atoms with van der Waals surface area (Å²) in [7, 11) is 1.57. The van der Waals surface area contributed by atoms with Gasteiger partial charge in [0.2, 0.25) is 0 Å². The van der Waals surface area contributed by atoms with Gasteiger partial charge in [-0.25, -0.2) is 0 Å². The van der Waals surface area contributed by atoms with Crippen LogP contribution in [0.25, 0.3) is 0 Å². The van der Waals surface area contributed by atoms with Crippen LogP contribution in [-0.4, -0.2) is 7.11 Å². The molecule has 0 saturated carbocycles. The summed E-state index contributed by atoms with van der Waals surface area (Å²) in [6.45, 7) is 0. The fourth-order valence-corrected chi connectivity index (χ4v) is 1.34. The van der Waals surface area contributed by atoms with Gasteiger partial charge in [-0.05, 0) is 22.0 Å². The Morgan fingerprint density at radius 3 is 2.73 bits per heavy atom. The lowest BCUT2D eigenvalue weighted by molar-refractivity contribution is 0.412. The van der Waals surface area contributed by atoms with Crippen molar-refractivity contribution in [2.24, 2.45) is 0 Å². The van der Waals surface area contributed by atoms with Gasteiger partial charge < -0.3 is 10.5 Å². The van der Waals surface area contributed by atoms with Gasteiger partial charge in [-0.15, -0.1) is 0 Å². The van der Waals surface area contributed by atoms with Crippen molar-refractivity contribution in [2.75, 3.05) is 12.8 Å². The molecule has 1 aromatic rings. The second-order valence-electron chi connectivity index (χ2n) is 2.02. The molecule has 60 valence electrons. The zero-order valence-corrected chi connectivity index (χ0v) is 8.24.